The fourth-order valence-corrected chi connectivity index (χ4v) is 4.44. The average Bonchev–Trinajstić information content (AvgIpc) is 2.99. The maximum Gasteiger partial charge on any atom is 0.0972 e. The number of hydrogen-bond donors (Lipinski definition) is 0. The molecule has 0 aliphatic heterocycles. The number of nitrogens with zero attached hydrogens (tertiary/aromatic N) is 1. The minimum absolute atomic E-state index is 0.593. The van der Waals surface area contributed by atoms with Gasteiger partial charge in [0.2, 0.25) is 0 Å². The average molecular weight is 380 g/mol. The van der Waals surface area contributed by atoms with E-state index in [2.05, 4.69) is 36.6 Å². The minimum Gasteiger partial charge on any atom is -0.245 e. The molecule has 0 N–H and O–H groups in total. The summed E-state index contributed by atoms with van der Waals surface area (Å²) < 4.78 is 0. The van der Waals surface area contributed by atoms with Gasteiger partial charge in [0, 0.05) is 22.4 Å². The number of thiazole rings is 1. The summed E-state index contributed by atoms with van der Waals surface area (Å²) >= 11 is 15.6. The second-order valence-corrected chi connectivity index (χ2v) is 7.98. The van der Waals surface area contributed by atoms with Crippen LogP contribution in [0, 0.1) is 6.92 Å². The molecule has 0 bridgehead atoms. The molecule has 3 aromatic rings. The highest BCUT2D eigenvalue weighted by Gasteiger charge is 2.08. The van der Waals surface area contributed by atoms with Crippen LogP contribution in [-0.4, -0.2) is 4.98 Å². The molecule has 1 nitrogen and oxygen atoms in total. The van der Waals surface area contributed by atoms with Crippen molar-refractivity contribution in [1.29, 1.82) is 0 Å². The van der Waals surface area contributed by atoms with Gasteiger partial charge >= 0.3 is 0 Å². The van der Waals surface area contributed by atoms with Crippen molar-refractivity contribution in [3.8, 4) is 0 Å². The topological polar surface area (TPSA) is 12.9 Å². The van der Waals surface area contributed by atoms with Gasteiger partial charge in [0.15, 0.2) is 0 Å². The Hall–Kier alpha value is -1.000. The third-order valence-corrected chi connectivity index (χ3v) is 6.29. The first-order chi connectivity index (χ1) is 11.1. The van der Waals surface area contributed by atoms with E-state index in [0.29, 0.717) is 10.0 Å². The van der Waals surface area contributed by atoms with Gasteiger partial charge < -0.3 is 0 Å². The van der Waals surface area contributed by atoms with Gasteiger partial charge in [-0.2, -0.15) is 0 Å². The molecule has 0 aliphatic carbocycles. The van der Waals surface area contributed by atoms with Crippen molar-refractivity contribution < 1.29 is 0 Å². The third kappa shape index (κ3) is 4.51. The maximum atomic E-state index is 6.21. The molecule has 5 heteroatoms. The van der Waals surface area contributed by atoms with Crippen LogP contribution < -0.4 is 0 Å². The molecule has 1 heterocycles. The molecule has 0 saturated heterocycles. The normalized spacial score (nSPS) is 10.9. The Morgan fingerprint density at radius 3 is 2.65 bits per heavy atom. The highest BCUT2D eigenvalue weighted by molar-refractivity contribution is 7.98. The van der Waals surface area contributed by atoms with Gasteiger partial charge in [-0.25, -0.2) is 4.98 Å². The van der Waals surface area contributed by atoms with E-state index in [1.165, 1.54) is 11.1 Å². The number of benzene rings is 2. The lowest BCUT2D eigenvalue weighted by Crippen LogP contribution is -1.89. The Balaban J connectivity index is 1.63. The summed E-state index contributed by atoms with van der Waals surface area (Å²) in [4.78, 5) is 5.71. The fourth-order valence-electron chi connectivity index (χ4n) is 2.12. The first kappa shape index (κ1) is 16.8. The lowest BCUT2D eigenvalue weighted by Gasteiger charge is -2.03. The first-order valence-electron chi connectivity index (χ1n) is 7.17. The smallest absolute Gasteiger partial charge is 0.0972 e. The van der Waals surface area contributed by atoms with E-state index in [-0.39, 0.29) is 0 Å². The molecule has 3 rings (SSSR count). The van der Waals surface area contributed by atoms with E-state index in [1.54, 1.807) is 29.2 Å². The Labute approximate surface area is 154 Å². The Bertz CT molecular complexity index is 797. The van der Waals surface area contributed by atoms with Crippen LogP contribution in [-0.2, 0) is 12.2 Å². The summed E-state index contributed by atoms with van der Waals surface area (Å²) in [5.41, 5.74) is 3.66. The van der Waals surface area contributed by atoms with Gasteiger partial charge in [-0.3, -0.25) is 0 Å². The van der Waals surface area contributed by atoms with Gasteiger partial charge in [0.25, 0.3) is 0 Å². The molecule has 0 fully saturated rings. The second-order valence-electron chi connectivity index (χ2n) is 5.24. The van der Waals surface area contributed by atoms with E-state index in [9.17, 15) is 0 Å². The van der Waals surface area contributed by atoms with Gasteiger partial charge in [-0.05, 0) is 24.6 Å². The number of thioether (sulfide) groups is 1. The van der Waals surface area contributed by atoms with Gasteiger partial charge in [-0.1, -0.05) is 59.1 Å². The lowest BCUT2D eigenvalue weighted by atomic mass is 10.1. The zero-order valence-electron chi connectivity index (χ0n) is 12.6. The standard InChI is InChI=1S/C18H15Cl2NS2/c1-12-5-7-13(8-6-12)9-17-21-14(11-23-17)10-22-16-4-2-3-15(19)18(16)20/h2-8,11H,9-10H2,1H3. The van der Waals surface area contributed by atoms with Crippen LogP contribution in [0.5, 0.6) is 0 Å². The van der Waals surface area contributed by atoms with E-state index in [4.69, 9.17) is 28.2 Å². The number of rotatable bonds is 5. The summed E-state index contributed by atoms with van der Waals surface area (Å²) in [5.74, 6) is 0.796. The Kier molecular flexibility index (Phi) is 5.65. The highest BCUT2D eigenvalue weighted by Crippen LogP contribution is 2.34. The van der Waals surface area contributed by atoms with Crippen molar-refractivity contribution in [3.05, 3.63) is 79.7 Å². The summed E-state index contributed by atoms with van der Waals surface area (Å²) in [6, 6.07) is 14.3. The molecule has 0 unspecified atom stereocenters. The Morgan fingerprint density at radius 2 is 1.87 bits per heavy atom. The number of aryl methyl sites for hydroxylation is 1. The maximum absolute atomic E-state index is 6.21. The molecule has 0 aliphatic rings. The predicted octanol–water partition coefficient (Wildman–Crippen LogP) is 6.64. The molecule has 0 radical (unpaired) electrons. The number of halogens is 2. The van der Waals surface area contributed by atoms with Crippen molar-refractivity contribution in [1.82, 2.24) is 4.98 Å². The molecular weight excluding hydrogens is 365 g/mol. The molecule has 23 heavy (non-hydrogen) atoms. The zero-order valence-corrected chi connectivity index (χ0v) is 15.7. The molecule has 0 saturated carbocycles. The van der Waals surface area contributed by atoms with Crippen LogP contribution in [0.3, 0.4) is 0 Å². The van der Waals surface area contributed by atoms with Crippen molar-refractivity contribution >= 4 is 46.3 Å². The van der Waals surface area contributed by atoms with Crippen molar-refractivity contribution in [2.45, 2.75) is 24.0 Å². The molecule has 118 valence electrons. The van der Waals surface area contributed by atoms with Crippen LogP contribution in [0.15, 0.2) is 52.7 Å². The van der Waals surface area contributed by atoms with Crippen LogP contribution in [0.2, 0.25) is 10.0 Å². The van der Waals surface area contributed by atoms with Crippen molar-refractivity contribution in [3.63, 3.8) is 0 Å². The second kappa shape index (κ2) is 7.71. The van der Waals surface area contributed by atoms with Gasteiger partial charge in [0.05, 0.1) is 20.7 Å². The first-order valence-corrected chi connectivity index (χ1v) is 9.79. The molecule has 0 atom stereocenters. The molecular formula is C18H15Cl2NS2. The minimum atomic E-state index is 0.593. The van der Waals surface area contributed by atoms with Gasteiger partial charge in [0.1, 0.15) is 0 Å². The van der Waals surface area contributed by atoms with Crippen molar-refractivity contribution in [2.75, 3.05) is 0 Å². The van der Waals surface area contributed by atoms with E-state index in [0.717, 1.165) is 27.8 Å². The van der Waals surface area contributed by atoms with Crippen LogP contribution in [0.1, 0.15) is 21.8 Å². The molecule has 1 aromatic heterocycles. The van der Waals surface area contributed by atoms with Gasteiger partial charge in [-0.15, -0.1) is 23.1 Å². The molecule has 0 amide bonds. The summed E-state index contributed by atoms with van der Waals surface area (Å²) in [6.07, 6.45) is 0.882. The lowest BCUT2D eigenvalue weighted by molar-refractivity contribution is 1.09. The third-order valence-electron chi connectivity index (χ3n) is 3.37. The van der Waals surface area contributed by atoms with E-state index in [1.807, 2.05) is 12.1 Å². The number of hydrogen-bond acceptors (Lipinski definition) is 3. The largest absolute Gasteiger partial charge is 0.245 e. The monoisotopic (exact) mass is 379 g/mol. The van der Waals surface area contributed by atoms with Crippen LogP contribution in [0.25, 0.3) is 0 Å². The SMILES string of the molecule is Cc1ccc(Cc2nc(CSc3cccc(Cl)c3Cl)cs2)cc1. The summed E-state index contributed by atoms with van der Waals surface area (Å²) in [5, 5.41) is 4.47. The summed E-state index contributed by atoms with van der Waals surface area (Å²) in [7, 11) is 0. The summed E-state index contributed by atoms with van der Waals surface area (Å²) in [6.45, 7) is 2.10. The van der Waals surface area contributed by atoms with Crippen LogP contribution >= 0.6 is 46.3 Å². The predicted molar refractivity (Wildman–Crippen MR) is 102 cm³/mol. The van der Waals surface area contributed by atoms with Crippen molar-refractivity contribution in [2.24, 2.45) is 0 Å². The molecule has 2 aromatic carbocycles. The van der Waals surface area contributed by atoms with E-state index < -0.39 is 0 Å². The quantitative estimate of drug-likeness (QED) is 0.460. The highest BCUT2D eigenvalue weighted by atomic mass is 35.5. The zero-order chi connectivity index (χ0) is 16.2. The molecule has 0 spiro atoms. The van der Waals surface area contributed by atoms with Crippen LogP contribution in [0.4, 0.5) is 0 Å². The number of aromatic nitrogens is 1. The fraction of sp³-hybridized carbons (Fsp3) is 0.167. The Morgan fingerprint density at radius 1 is 1.09 bits per heavy atom. The van der Waals surface area contributed by atoms with E-state index >= 15 is 0 Å².